The number of nitrogens with zero attached hydrogens (tertiary/aromatic N) is 1. The summed E-state index contributed by atoms with van der Waals surface area (Å²) in [5, 5.41) is 21.9. The van der Waals surface area contributed by atoms with Crippen LogP contribution in [0.1, 0.15) is 30.1 Å². The lowest BCUT2D eigenvalue weighted by Crippen LogP contribution is -2.32. The van der Waals surface area contributed by atoms with E-state index in [9.17, 15) is 14.9 Å². The molecule has 98 valence electrons. The predicted octanol–water partition coefficient (Wildman–Crippen LogP) is 1.49. The van der Waals surface area contributed by atoms with Gasteiger partial charge in [0.05, 0.1) is 4.92 Å². The molecule has 6 heteroatoms. The number of nitrogens with one attached hydrogen (secondary N) is 1. The Hall–Kier alpha value is -1.95. The third-order valence-electron chi connectivity index (χ3n) is 2.51. The van der Waals surface area contributed by atoms with Crippen LogP contribution in [0.25, 0.3) is 0 Å². The molecule has 18 heavy (non-hydrogen) atoms. The van der Waals surface area contributed by atoms with Crippen LogP contribution in [0.3, 0.4) is 0 Å². The largest absolute Gasteiger partial charge is 0.396 e. The monoisotopic (exact) mass is 252 g/mol. The van der Waals surface area contributed by atoms with Crippen LogP contribution in [0.4, 0.5) is 5.69 Å². The zero-order chi connectivity index (χ0) is 13.5. The molecule has 1 aromatic rings. The minimum atomic E-state index is -0.508. The van der Waals surface area contributed by atoms with Gasteiger partial charge in [0.1, 0.15) is 0 Å². The zero-order valence-corrected chi connectivity index (χ0v) is 10.1. The average Bonchev–Trinajstić information content (AvgIpc) is 2.36. The number of aliphatic hydroxyl groups excluding tert-OH is 1. The maximum Gasteiger partial charge on any atom is 0.269 e. The summed E-state index contributed by atoms with van der Waals surface area (Å²) in [4.78, 5) is 21.7. The molecule has 0 bridgehead atoms. The van der Waals surface area contributed by atoms with E-state index in [0.717, 1.165) is 0 Å². The van der Waals surface area contributed by atoms with Gasteiger partial charge >= 0.3 is 0 Å². The average molecular weight is 252 g/mol. The van der Waals surface area contributed by atoms with Crippen molar-refractivity contribution in [2.24, 2.45) is 0 Å². The van der Waals surface area contributed by atoms with Crippen molar-refractivity contribution in [2.45, 2.75) is 25.8 Å². The molecular formula is C12H16N2O4. The molecule has 0 saturated carbocycles. The van der Waals surface area contributed by atoms with Gasteiger partial charge in [0, 0.05) is 30.3 Å². The number of carbonyl (C=O) groups excluding carboxylic acids is 1. The first-order valence-corrected chi connectivity index (χ1v) is 5.70. The van der Waals surface area contributed by atoms with Gasteiger partial charge in [-0.1, -0.05) is 0 Å². The number of carbonyl (C=O) groups is 1. The number of nitro groups is 1. The van der Waals surface area contributed by atoms with Crippen LogP contribution in [0.5, 0.6) is 0 Å². The van der Waals surface area contributed by atoms with Crippen molar-refractivity contribution in [1.82, 2.24) is 5.32 Å². The van der Waals surface area contributed by atoms with Gasteiger partial charge in [0.2, 0.25) is 0 Å². The first kappa shape index (κ1) is 14.1. The van der Waals surface area contributed by atoms with Gasteiger partial charge in [-0.05, 0) is 31.9 Å². The van der Waals surface area contributed by atoms with Gasteiger partial charge in [-0.2, -0.15) is 0 Å². The molecule has 0 aliphatic heterocycles. The van der Waals surface area contributed by atoms with Crippen LogP contribution in [-0.2, 0) is 0 Å². The first-order valence-electron chi connectivity index (χ1n) is 5.70. The predicted molar refractivity (Wildman–Crippen MR) is 66.3 cm³/mol. The van der Waals surface area contributed by atoms with E-state index in [1.54, 1.807) is 0 Å². The normalized spacial score (nSPS) is 11.9. The number of nitro benzene ring substituents is 1. The molecule has 0 aliphatic rings. The molecule has 1 rings (SSSR count). The second kappa shape index (κ2) is 6.70. The van der Waals surface area contributed by atoms with Crippen LogP contribution in [0, 0.1) is 10.1 Å². The lowest BCUT2D eigenvalue weighted by molar-refractivity contribution is -0.384. The van der Waals surface area contributed by atoms with E-state index in [1.165, 1.54) is 24.3 Å². The quantitative estimate of drug-likeness (QED) is 0.592. The Balaban J connectivity index is 2.58. The molecule has 2 N–H and O–H groups in total. The summed E-state index contributed by atoms with van der Waals surface area (Å²) in [6, 6.07) is 5.40. The van der Waals surface area contributed by atoms with Crippen molar-refractivity contribution in [3.8, 4) is 0 Å². The van der Waals surface area contributed by atoms with Crippen molar-refractivity contribution in [3.05, 3.63) is 39.9 Å². The molecule has 1 aromatic carbocycles. The van der Waals surface area contributed by atoms with E-state index in [1.807, 2.05) is 6.92 Å². The molecule has 1 atom stereocenters. The minimum Gasteiger partial charge on any atom is -0.396 e. The lowest BCUT2D eigenvalue weighted by Gasteiger charge is -2.12. The molecule has 0 heterocycles. The van der Waals surface area contributed by atoms with Gasteiger partial charge in [-0.3, -0.25) is 14.9 Å². The molecule has 0 spiro atoms. The number of benzene rings is 1. The van der Waals surface area contributed by atoms with Crippen LogP contribution >= 0.6 is 0 Å². The molecule has 0 fully saturated rings. The van der Waals surface area contributed by atoms with Crippen LogP contribution in [0.2, 0.25) is 0 Å². The maximum absolute atomic E-state index is 11.8. The van der Waals surface area contributed by atoms with E-state index in [-0.39, 0.29) is 24.2 Å². The Morgan fingerprint density at radius 2 is 2.06 bits per heavy atom. The summed E-state index contributed by atoms with van der Waals surface area (Å²) in [7, 11) is 0. The Kier molecular flexibility index (Phi) is 5.26. The third kappa shape index (κ3) is 4.14. The molecular weight excluding hydrogens is 236 g/mol. The fraction of sp³-hybridized carbons (Fsp3) is 0.417. The number of hydrogen-bond donors (Lipinski definition) is 2. The van der Waals surface area contributed by atoms with Crippen molar-refractivity contribution in [3.63, 3.8) is 0 Å². The molecule has 1 amide bonds. The van der Waals surface area contributed by atoms with Crippen molar-refractivity contribution < 1.29 is 14.8 Å². The number of amides is 1. The van der Waals surface area contributed by atoms with Gasteiger partial charge in [0.15, 0.2) is 0 Å². The second-order valence-electron chi connectivity index (χ2n) is 4.04. The summed E-state index contributed by atoms with van der Waals surface area (Å²) in [6.45, 7) is 1.94. The minimum absolute atomic E-state index is 0.0418. The molecule has 6 nitrogen and oxygen atoms in total. The van der Waals surface area contributed by atoms with Gasteiger partial charge in [-0.15, -0.1) is 0 Å². The maximum atomic E-state index is 11.8. The third-order valence-corrected chi connectivity index (χ3v) is 2.51. The highest BCUT2D eigenvalue weighted by Gasteiger charge is 2.11. The summed E-state index contributed by atoms with van der Waals surface area (Å²) in [5.41, 5.74) is 0.344. The van der Waals surface area contributed by atoms with Crippen molar-refractivity contribution in [1.29, 1.82) is 0 Å². The summed E-state index contributed by atoms with van der Waals surface area (Å²) in [5.74, 6) is -0.268. The Bertz CT molecular complexity index is 417. The highest BCUT2D eigenvalue weighted by molar-refractivity contribution is 5.94. The Labute approximate surface area is 105 Å². The Morgan fingerprint density at radius 3 is 2.56 bits per heavy atom. The highest BCUT2D eigenvalue weighted by Crippen LogP contribution is 2.12. The molecule has 0 aromatic heterocycles. The SMILES string of the molecule is CC(CCCO)NC(=O)c1ccc([N+](=O)[O-])cc1. The Morgan fingerprint density at radius 1 is 1.44 bits per heavy atom. The van der Waals surface area contributed by atoms with Gasteiger partial charge in [-0.25, -0.2) is 0 Å². The van der Waals surface area contributed by atoms with Crippen LogP contribution in [0.15, 0.2) is 24.3 Å². The van der Waals surface area contributed by atoms with E-state index in [0.29, 0.717) is 18.4 Å². The van der Waals surface area contributed by atoms with Crippen molar-refractivity contribution >= 4 is 11.6 Å². The molecule has 1 unspecified atom stereocenters. The molecule has 0 saturated heterocycles. The van der Waals surface area contributed by atoms with Crippen molar-refractivity contribution in [2.75, 3.05) is 6.61 Å². The van der Waals surface area contributed by atoms with Crippen LogP contribution in [-0.4, -0.2) is 28.6 Å². The topological polar surface area (TPSA) is 92.5 Å². The van der Waals surface area contributed by atoms with E-state index >= 15 is 0 Å². The second-order valence-corrected chi connectivity index (χ2v) is 4.04. The summed E-state index contributed by atoms with van der Waals surface area (Å²) in [6.07, 6.45) is 1.32. The van der Waals surface area contributed by atoms with E-state index in [2.05, 4.69) is 5.32 Å². The lowest BCUT2D eigenvalue weighted by atomic mass is 10.1. The van der Waals surface area contributed by atoms with Crippen LogP contribution < -0.4 is 5.32 Å². The number of non-ortho nitro benzene ring substituents is 1. The number of aliphatic hydroxyl groups is 1. The van der Waals surface area contributed by atoms with Gasteiger partial charge in [0.25, 0.3) is 11.6 Å². The van der Waals surface area contributed by atoms with Gasteiger partial charge < -0.3 is 10.4 Å². The summed E-state index contributed by atoms with van der Waals surface area (Å²) >= 11 is 0. The summed E-state index contributed by atoms with van der Waals surface area (Å²) < 4.78 is 0. The molecule has 0 radical (unpaired) electrons. The number of rotatable bonds is 6. The smallest absolute Gasteiger partial charge is 0.269 e. The standard InChI is InChI=1S/C12H16N2O4/c1-9(3-2-8-15)13-12(16)10-4-6-11(7-5-10)14(17)18/h4-7,9,15H,2-3,8H2,1H3,(H,13,16). The number of hydrogen-bond acceptors (Lipinski definition) is 4. The highest BCUT2D eigenvalue weighted by atomic mass is 16.6. The van der Waals surface area contributed by atoms with E-state index in [4.69, 9.17) is 5.11 Å². The first-order chi connectivity index (χ1) is 8.54. The fourth-order valence-corrected chi connectivity index (χ4v) is 1.51. The zero-order valence-electron chi connectivity index (χ0n) is 10.1. The van der Waals surface area contributed by atoms with E-state index < -0.39 is 4.92 Å². The fourth-order valence-electron chi connectivity index (χ4n) is 1.51. The molecule has 0 aliphatic carbocycles.